The molecule has 3 heterocycles. The molecule has 1 aliphatic carbocycles. The molecule has 1 spiro atoms. The molecule has 1 saturated carbocycles. The number of ketones is 1. The summed E-state index contributed by atoms with van der Waals surface area (Å²) in [5.41, 5.74) is 8.52. The second-order valence-corrected chi connectivity index (χ2v) is 10.7. The molecule has 2 aliphatic rings. The number of aromatic nitrogens is 4. The van der Waals surface area contributed by atoms with Crippen LogP contribution in [0.3, 0.4) is 0 Å². The number of hydrogen-bond donors (Lipinski definition) is 2. The zero-order valence-electron chi connectivity index (χ0n) is 27.6. The number of H-pyrrole nitrogens is 1. The standard InChI is InChI=1S/C21H26N4O2.C9H17N.C2H6.C2H2.CH3NO/c1-3-15(26)8-6-4-5-7-9-21-24-14-19(25-21)16-12-17-18(13-20(16)27-2)23-11-10-22-17;1-2-10-7-5-9(3-4-9)6-8-10;2*1-2;2-1-3/h10-14H,3-9H2,1-2H3,(H,24,25);2-8H2,1H3;1-2H3;1-2H;1H,(H2,2,3). The SMILES string of the molecule is C#C.CC.CCC(=O)CCCCCCc1ncc(-c2cc3nccnc3cc2OC)[nH]1.CCN1CCC2(CC1)CC2.NC=O. The van der Waals surface area contributed by atoms with Crippen molar-refractivity contribution < 1.29 is 14.3 Å². The molecule has 0 atom stereocenters. The van der Waals surface area contributed by atoms with Crippen LogP contribution >= 0.6 is 0 Å². The van der Waals surface area contributed by atoms with E-state index in [1.54, 1.807) is 19.5 Å². The Hall–Kier alpha value is -3.77. The average molecular weight is 607 g/mol. The predicted molar refractivity (Wildman–Crippen MR) is 180 cm³/mol. The first-order valence-electron chi connectivity index (χ1n) is 16.0. The molecule has 1 aromatic carbocycles. The minimum absolute atomic E-state index is 0.250. The van der Waals surface area contributed by atoms with Crippen LogP contribution in [0.2, 0.25) is 0 Å². The molecule has 9 heteroatoms. The van der Waals surface area contributed by atoms with Gasteiger partial charge in [0.05, 0.1) is 30.0 Å². The highest BCUT2D eigenvalue weighted by Gasteiger charge is 2.43. The van der Waals surface area contributed by atoms with Gasteiger partial charge >= 0.3 is 0 Å². The molecule has 0 unspecified atom stereocenters. The zero-order valence-corrected chi connectivity index (χ0v) is 27.6. The summed E-state index contributed by atoms with van der Waals surface area (Å²) in [5, 5.41) is 0. The third-order valence-electron chi connectivity index (χ3n) is 8.04. The molecule has 2 aromatic heterocycles. The van der Waals surface area contributed by atoms with Crippen molar-refractivity contribution in [3.63, 3.8) is 0 Å². The normalized spacial score (nSPS) is 14.2. The van der Waals surface area contributed by atoms with E-state index in [1.165, 1.54) is 45.3 Å². The Kier molecular flexibility index (Phi) is 19.0. The second-order valence-electron chi connectivity index (χ2n) is 10.7. The van der Waals surface area contributed by atoms with Crippen molar-refractivity contribution >= 4 is 23.2 Å². The number of fused-ring (bicyclic) bond motifs is 1. The van der Waals surface area contributed by atoms with E-state index >= 15 is 0 Å². The number of benzene rings is 1. The third-order valence-corrected chi connectivity index (χ3v) is 8.04. The van der Waals surface area contributed by atoms with Crippen molar-refractivity contribution in [1.29, 1.82) is 0 Å². The Morgan fingerprint density at radius 3 is 2.14 bits per heavy atom. The lowest BCUT2D eigenvalue weighted by Crippen LogP contribution is -2.34. The number of carbonyl (C=O) groups excluding carboxylic acids is 2. The highest BCUT2D eigenvalue weighted by molar-refractivity contribution is 5.84. The number of hydrogen-bond acceptors (Lipinski definition) is 7. The number of primary amides is 1. The monoisotopic (exact) mass is 606 g/mol. The van der Waals surface area contributed by atoms with Crippen LogP contribution in [0.5, 0.6) is 5.75 Å². The molecule has 5 rings (SSSR count). The lowest BCUT2D eigenvalue weighted by molar-refractivity contribution is -0.118. The molecule has 242 valence electrons. The number of Topliss-reactive ketones (excluding diaryl/α,β-unsaturated/α-hetero) is 1. The van der Waals surface area contributed by atoms with E-state index in [-0.39, 0.29) is 6.41 Å². The number of nitrogens with one attached hydrogen (secondary N) is 1. The van der Waals surface area contributed by atoms with Crippen molar-refractivity contribution in [3.8, 4) is 29.9 Å². The van der Waals surface area contributed by atoms with Gasteiger partial charge in [-0.15, -0.1) is 12.8 Å². The van der Waals surface area contributed by atoms with Crippen LogP contribution in [-0.4, -0.2) is 63.8 Å². The summed E-state index contributed by atoms with van der Waals surface area (Å²) in [7, 11) is 1.65. The highest BCUT2D eigenvalue weighted by atomic mass is 16.5. The number of terminal acetylenes is 1. The fourth-order valence-electron chi connectivity index (χ4n) is 5.16. The Morgan fingerprint density at radius 2 is 1.59 bits per heavy atom. The number of carbonyl (C=O) groups is 2. The summed E-state index contributed by atoms with van der Waals surface area (Å²) in [6, 6.07) is 3.87. The molecule has 1 aliphatic heterocycles. The first-order chi connectivity index (χ1) is 21.5. The van der Waals surface area contributed by atoms with Gasteiger partial charge in [-0.3, -0.25) is 19.6 Å². The van der Waals surface area contributed by atoms with Gasteiger partial charge in [-0.2, -0.15) is 0 Å². The highest BCUT2D eigenvalue weighted by Crippen LogP contribution is 2.53. The van der Waals surface area contributed by atoms with E-state index in [9.17, 15) is 4.79 Å². The van der Waals surface area contributed by atoms with Gasteiger partial charge in [0.1, 0.15) is 17.4 Å². The Balaban J connectivity index is 0.000000468. The summed E-state index contributed by atoms with van der Waals surface area (Å²) in [6.07, 6.45) is 26.0. The molecule has 3 aromatic rings. The first-order valence-corrected chi connectivity index (χ1v) is 16.0. The predicted octanol–water partition coefficient (Wildman–Crippen LogP) is 6.76. The summed E-state index contributed by atoms with van der Waals surface area (Å²) in [6.45, 7) is 12.2. The Morgan fingerprint density at radius 1 is 1.00 bits per heavy atom. The van der Waals surface area contributed by atoms with E-state index < -0.39 is 0 Å². The molecule has 0 bridgehead atoms. The number of aromatic amines is 1. The lowest BCUT2D eigenvalue weighted by atomic mass is 9.94. The van der Waals surface area contributed by atoms with Gasteiger partial charge in [-0.1, -0.05) is 40.5 Å². The smallest absolute Gasteiger partial charge is 0.204 e. The number of unbranched alkanes of at least 4 members (excludes halogenated alkanes) is 3. The van der Waals surface area contributed by atoms with Gasteiger partial charge < -0.3 is 20.4 Å². The van der Waals surface area contributed by atoms with Gasteiger partial charge in [0.25, 0.3) is 0 Å². The van der Waals surface area contributed by atoms with E-state index in [2.05, 4.69) is 50.3 Å². The number of imidazole rings is 1. The molecule has 1 amide bonds. The number of piperidine rings is 1. The van der Waals surface area contributed by atoms with Crippen molar-refractivity contribution in [3.05, 3.63) is 36.5 Å². The molecule has 0 radical (unpaired) electrons. The van der Waals surface area contributed by atoms with Gasteiger partial charge in [-0.05, 0) is 69.6 Å². The van der Waals surface area contributed by atoms with Gasteiger partial charge in [0, 0.05) is 43.3 Å². The van der Waals surface area contributed by atoms with Crippen molar-refractivity contribution in [1.82, 2.24) is 24.8 Å². The minimum Gasteiger partial charge on any atom is -0.496 e. The average Bonchev–Trinajstić information content (AvgIpc) is 3.66. The fraction of sp³-hybridized carbons (Fsp3) is 0.571. The van der Waals surface area contributed by atoms with Crippen molar-refractivity contribution in [2.75, 3.05) is 26.7 Å². The van der Waals surface area contributed by atoms with Gasteiger partial charge in [0.2, 0.25) is 6.41 Å². The number of nitrogens with zero attached hydrogens (tertiary/aromatic N) is 4. The van der Waals surface area contributed by atoms with E-state index in [0.29, 0.717) is 18.6 Å². The lowest BCUT2D eigenvalue weighted by Gasteiger charge is -2.30. The van der Waals surface area contributed by atoms with Crippen LogP contribution in [0.15, 0.2) is 30.7 Å². The van der Waals surface area contributed by atoms with E-state index in [4.69, 9.17) is 9.53 Å². The summed E-state index contributed by atoms with van der Waals surface area (Å²) >= 11 is 0. The maximum atomic E-state index is 11.3. The molecular weight excluding hydrogens is 552 g/mol. The maximum Gasteiger partial charge on any atom is 0.204 e. The number of aryl methyl sites for hydroxylation is 1. The molecule has 2 fully saturated rings. The number of ether oxygens (including phenoxy) is 1. The minimum atomic E-state index is 0.250. The fourth-order valence-corrected chi connectivity index (χ4v) is 5.16. The van der Waals surface area contributed by atoms with E-state index in [0.717, 1.165) is 71.4 Å². The molecule has 9 nitrogen and oxygen atoms in total. The first kappa shape index (κ1) is 38.3. The number of likely N-dealkylation sites (tertiary alicyclic amines) is 1. The summed E-state index contributed by atoms with van der Waals surface area (Å²) < 4.78 is 5.53. The Bertz CT molecular complexity index is 1240. The van der Waals surface area contributed by atoms with Crippen LogP contribution in [0.4, 0.5) is 0 Å². The summed E-state index contributed by atoms with van der Waals surface area (Å²) in [5.74, 6) is 2.08. The van der Waals surface area contributed by atoms with E-state index in [1.807, 2.05) is 39.1 Å². The maximum absolute atomic E-state index is 11.3. The third kappa shape index (κ3) is 12.8. The molecule has 1 saturated heterocycles. The summed E-state index contributed by atoms with van der Waals surface area (Å²) in [4.78, 5) is 39.1. The van der Waals surface area contributed by atoms with Crippen molar-refractivity contribution in [2.45, 2.75) is 98.3 Å². The van der Waals surface area contributed by atoms with Crippen LogP contribution in [-0.2, 0) is 16.0 Å². The number of nitrogens with two attached hydrogens (primary N) is 1. The van der Waals surface area contributed by atoms with Crippen molar-refractivity contribution in [2.24, 2.45) is 11.1 Å². The topological polar surface area (TPSA) is 127 Å². The number of methoxy groups -OCH3 is 1. The molecular formula is C35H54N6O3. The van der Waals surface area contributed by atoms with Crippen LogP contribution in [0.1, 0.15) is 97.7 Å². The Labute approximate surface area is 264 Å². The number of rotatable bonds is 11. The van der Waals surface area contributed by atoms with Crippen LogP contribution < -0.4 is 10.5 Å². The van der Waals surface area contributed by atoms with Gasteiger partial charge in [0.15, 0.2) is 0 Å². The second kappa shape index (κ2) is 21.8. The molecule has 3 N–H and O–H groups in total. The number of amides is 1. The largest absolute Gasteiger partial charge is 0.496 e. The van der Waals surface area contributed by atoms with Crippen LogP contribution in [0.25, 0.3) is 22.3 Å². The van der Waals surface area contributed by atoms with Crippen LogP contribution in [0, 0.1) is 18.3 Å². The quantitative estimate of drug-likeness (QED) is 0.140. The molecule has 44 heavy (non-hydrogen) atoms. The zero-order chi connectivity index (χ0) is 32.8. The van der Waals surface area contributed by atoms with Gasteiger partial charge in [-0.25, -0.2) is 4.98 Å².